The molecule has 82 valence electrons. The maximum Gasteiger partial charge on any atom is 0.270 e. The van der Waals surface area contributed by atoms with Crippen LogP contribution in [-0.2, 0) is 4.74 Å². The van der Waals surface area contributed by atoms with E-state index >= 15 is 0 Å². The first-order valence-electron chi connectivity index (χ1n) is 4.56. The van der Waals surface area contributed by atoms with Gasteiger partial charge in [-0.15, -0.1) is 0 Å². The summed E-state index contributed by atoms with van der Waals surface area (Å²) in [6.07, 6.45) is 0. The molecular formula is C10H13ClN2O2. The third-order valence-corrected chi connectivity index (χ3v) is 1.95. The zero-order valence-corrected chi connectivity index (χ0v) is 9.41. The Balaban J connectivity index is 2.61. The van der Waals surface area contributed by atoms with Gasteiger partial charge in [-0.05, 0) is 19.1 Å². The van der Waals surface area contributed by atoms with Gasteiger partial charge in [0, 0.05) is 13.2 Å². The fraction of sp³-hybridized carbons (Fsp3) is 0.400. The minimum atomic E-state index is -0.248. The summed E-state index contributed by atoms with van der Waals surface area (Å²) in [7, 11) is 1.58. The van der Waals surface area contributed by atoms with Crippen molar-refractivity contribution in [1.29, 1.82) is 0 Å². The summed E-state index contributed by atoms with van der Waals surface area (Å²) in [5, 5.41) is 3.05. The van der Waals surface area contributed by atoms with Crippen molar-refractivity contribution in [2.24, 2.45) is 0 Å². The number of nitrogens with zero attached hydrogens (tertiary/aromatic N) is 1. The minimum Gasteiger partial charge on any atom is -0.383 e. The molecular weight excluding hydrogens is 216 g/mol. The molecule has 15 heavy (non-hydrogen) atoms. The Morgan fingerprint density at radius 1 is 1.67 bits per heavy atom. The van der Waals surface area contributed by atoms with Gasteiger partial charge in [0.05, 0.1) is 6.61 Å². The SMILES string of the molecule is COCC(C)NC(=O)c1cccc(Cl)n1. The van der Waals surface area contributed by atoms with E-state index in [0.29, 0.717) is 17.5 Å². The topological polar surface area (TPSA) is 51.2 Å². The molecule has 0 aromatic carbocycles. The standard InChI is InChI=1S/C10H13ClN2O2/c1-7(6-15-2)12-10(14)8-4-3-5-9(11)13-8/h3-5,7H,6H2,1-2H3,(H,12,14). The number of halogens is 1. The molecule has 0 fully saturated rings. The van der Waals surface area contributed by atoms with E-state index in [2.05, 4.69) is 10.3 Å². The van der Waals surface area contributed by atoms with Crippen LogP contribution < -0.4 is 5.32 Å². The molecule has 5 heteroatoms. The first-order valence-corrected chi connectivity index (χ1v) is 4.93. The first-order chi connectivity index (χ1) is 7.13. The molecule has 4 nitrogen and oxygen atoms in total. The molecule has 1 rings (SSSR count). The number of hydrogen-bond acceptors (Lipinski definition) is 3. The quantitative estimate of drug-likeness (QED) is 0.795. The lowest BCUT2D eigenvalue weighted by Gasteiger charge is -2.12. The molecule has 1 amide bonds. The second-order valence-electron chi connectivity index (χ2n) is 3.18. The Bertz CT molecular complexity index is 344. The van der Waals surface area contributed by atoms with Crippen LogP contribution in [-0.4, -0.2) is 30.6 Å². The van der Waals surface area contributed by atoms with Crippen molar-refractivity contribution in [2.75, 3.05) is 13.7 Å². The highest BCUT2D eigenvalue weighted by atomic mass is 35.5. The Morgan fingerprint density at radius 2 is 2.40 bits per heavy atom. The van der Waals surface area contributed by atoms with Crippen LogP contribution in [0.5, 0.6) is 0 Å². The minimum absolute atomic E-state index is 0.0525. The van der Waals surface area contributed by atoms with E-state index in [-0.39, 0.29) is 11.9 Å². The first kappa shape index (κ1) is 11.9. The molecule has 0 aliphatic heterocycles. The van der Waals surface area contributed by atoms with Gasteiger partial charge >= 0.3 is 0 Å². The largest absolute Gasteiger partial charge is 0.383 e. The van der Waals surface area contributed by atoms with Gasteiger partial charge < -0.3 is 10.1 Å². The number of methoxy groups -OCH3 is 1. The lowest BCUT2D eigenvalue weighted by molar-refractivity contribution is 0.0900. The molecule has 0 spiro atoms. The number of hydrogen-bond donors (Lipinski definition) is 1. The molecule has 1 aromatic rings. The summed E-state index contributed by atoms with van der Waals surface area (Å²) in [5.74, 6) is -0.248. The van der Waals surface area contributed by atoms with Crippen molar-refractivity contribution < 1.29 is 9.53 Å². The number of ether oxygens (including phenoxy) is 1. The molecule has 1 aromatic heterocycles. The molecule has 0 aliphatic carbocycles. The predicted octanol–water partition coefficient (Wildman–Crippen LogP) is 1.50. The van der Waals surface area contributed by atoms with E-state index in [1.54, 1.807) is 25.3 Å². The second kappa shape index (κ2) is 5.68. The summed E-state index contributed by atoms with van der Waals surface area (Å²) < 4.78 is 4.90. The zero-order valence-electron chi connectivity index (χ0n) is 8.66. The normalized spacial score (nSPS) is 12.2. The van der Waals surface area contributed by atoms with Crippen molar-refractivity contribution in [1.82, 2.24) is 10.3 Å². The Morgan fingerprint density at radius 3 is 3.00 bits per heavy atom. The third-order valence-electron chi connectivity index (χ3n) is 1.74. The van der Waals surface area contributed by atoms with Crippen molar-refractivity contribution in [3.05, 3.63) is 29.0 Å². The second-order valence-corrected chi connectivity index (χ2v) is 3.56. The maximum absolute atomic E-state index is 11.6. The van der Waals surface area contributed by atoms with Gasteiger partial charge in [-0.1, -0.05) is 17.7 Å². The van der Waals surface area contributed by atoms with Crippen molar-refractivity contribution >= 4 is 17.5 Å². The predicted molar refractivity (Wildman–Crippen MR) is 58.1 cm³/mol. The number of pyridine rings is 1. The third kappa shape index (κ3) is 3.85. The van der Waals surface area contributed by atoms with Gasteiger partial charge in [-0.3, -0.25) is 4.79 Å². The summed E-state index contributed by atoms with van der Waals surface area (Å²) in [4.78, 5) is 15.5. The summed E-state index contributed by atoms with van der Waals surface area (Å²) in [5.41, 5.74) is 0.311. The van der Waals surface area contributed by atoms with Gasteiger partial charge in [0.15, 0.2) is 0 Å². The summed E-state index contributed by atoms with van der Waals surface area (Å²) in [6, 6.07) is 4.87. The molecule has 1 atom stereocenters. The highest BCUT2D eigenvalue weighted by Crippen LogP contribution is 2.05. The number of nitrogens with one attached hydrogen (secondary N) is 1. The van der Waals surface area contributed by atoms with Crippen LogP contribution in [0.4, 0.5) is 0 Å². The Labute approximate surface area is 93.6 Å². The molecule has 0 radical (unpaired) electrons. The van der Waals surface area contributed by atoms with E-state index in [0.717, 1.165) is 0 Å². The maximum atomic E-state index is 11.6. The van der Waals surface area contributed by atoms with Gasteiger partial charge in [-0.2, -0.15) is 0 Å². The van der Waals surface area contributed by atoms with Gasteiger partial charge in [0.2, 0.25) is 0 Å². The zero-order chi connectivity index (χ0) is 11.3. The Hall–Kier alpha value is -1.13. The van der Waals surface area contributed by atoms with Crippen LogP contribution in [0, 0.1) is 0 Å². The van der Waals surface area contributed by atoms with Crippen molar-refractivity contribution in [3.8, 4) is 0 Å². The highest BCUT2D eigenvalue weighted by molar-refractivity contribution is 6.29. The lowest BCUT2D eigenvalue weighted by atomic mass is 10.3. The van der Waals surface area contributed by atoms with E-state index in [9.17, 15) is 4.79 Å². The number of amides is 1. The molecule has 0 bridgehead atoms. The van der Waals surface area contributed by atoms with Gasteiger partial charge in [0.1, 0.15) is 10.8 Å². The lowest BCUT2D eigenvalue weighted by Crippen LogP contribution is -2.36. The van der Waals surface area contributed by atoms with Crippen LogP contribution in [0.15, 0.2) is 18.2 Å². The van der Waals surface area contributed by atoms with E-state index < -0.39 is 0 Å². The van der Waals surface area contributed by atoms with Gasteiger partial charge in [0.25, 0.3) is 5.91 Å². The molecule has 1 unspecified atom stereocenters. The molecule has 0 saturated heterocycles. The highest BCUT2D eigenvalue weighted by Gasteiger charge is 2.10. The number of rotatable bonds is 4. The fourth-order valence-electron chi connectivity index (χ4n) is 1.12. The average molecular weight is 229 g/mol. The van der Waals surface area contributed by atoms with Crippen LogP contribution in [0.2, 0.25) is 5.15 Å². The Kier molecular flexibility index (Phi) is 4.52. The molecule has 0 aliphatic rings. The summed E-state index contributed by atoms with van der Waals surface area (Å²) in [6.45, 7) is 2.32. The number of carbonyl (C=O) groups excluding carboxylic acids is 1. The average Bonchev–Trinajstić information content (AvgIpc) is 2.18. The van der Waals surface area contributed by atoms with Crippen LogP contribution in [0.25, 0.3) is 0 Å². The van der Waals surface area contributed by atoms with Gasteiger partial charge in [-0.25, -0.2) is 4.98 Å². The fourth-order valence-corrected chi connectivity index (χ4v) is 1.29. The smallest absolute Gasteiger partial charge is 0.270 e. The molecule has 1 heterocycles. The van der Waals surface area contributed by atoms with Crippen molar-refractivity contribution in [3.63, 3.8) is 0 Å². The van der Waals surface area contributed by atoms with Crippen LogP contribution >= 0.6 is 11.6 Å². The number of aromatic nitrogens is 1. The number of carbonyl (C=O) groups is 1. The van der Waals surface area contributed by atoms with Crippen LogP contribution in [0.1, 0.15) is 17.4 Å². The summed E-state index contributed by atoms with van der Waals surface area (Å²) >= 11 is 5.67. The van der Waals surface area contributed by atoms with E-state index in [1.165, 1.54) is 0 Å². The molecule has 1 N–H and O–H groups in total. The van der Waals surface area contributed by atoms with Crippen LogP contribution in [0.3, 0.4) is 0 Å². The molecule has 0 saturated carbocycles. The van der Waals surface area contributed by atoms with E-state index in [1.807, 2.05) is 6.92 Å². The van der Waals surface area contributed by atoms with Crippen molar-refractivity contribution in [2.45, 2.75) is 13.0 Å². The van der Waals surface area contributed by atoms with E-state index in [4.69, 9.17) is 16.3 Å². The monoisotopic (exact) mass is 228 g/mol.